The van der Waals surface area contributed by atoms with Gasteiger partial charge in [-0.15, -0.1) is 0 Å². The molecule has 1 aromatic rings. The minimum absolute atomic E-state index is 0.136. The van der Waals surface area contributed by atoms with E-state index in [4.69, 9.17) is 5.11 Å². The van der Waals surface area contributed by atoms with Gasteiger partial charge in [0.2, 0.25) is 6.20 Å². The van der Waals surface area contributed by atoms with Crippen LogP contribution in [0, 0.1) is 10.1 Å². The van der Waals surface area contributed by atoms with Crippen LogP contribution in [0.25, 0.3) is 6.08 Å². The molecule has 0 spiro atoms. The number of hydrogen-bond donors (Lipinski definition) is 1. The fourth-order valence-electron chi connectivity index (χ4n) is 0.954. The highest BCUT2D eigenvalue weighted by Crippen LogP contribution is 2.10. The molecule has 0 heterocycles. The topological polar surface area (TPSA) is 80.4 Å². The summed E-state index contributed by atoms with van der Waals surface area (Å²) in [4.78, 5) is 20.3. The molecule has 0 unspecified atom stereocenters. The maximum absolute atomic E-state index is 11.1. The molecular weight excluding hydrogens is 210 g/mol. The molecule has 5 nitrogen and oxygen atoms in total. The zero-order valence-electron chi connectivity index (χ0n) is 8.24. The van der Waals surface area contributed by atoms with E-state index in [9.17, 15) is 14.9 Å². The molecule has 0 fully saturated rings. The molecule has 16 heavy (non-hydrogen) atoms. The Bertz CT molecular complexity index is 446. The number of nitrogens with zero attached hydrogens (tertiary/aromatic N) is 1. The van der Waals surface area contributed by atoms with Crippen molar-refractivity contribution in [3.63, 3.8) is 0 Å². The quantitative estimate of drug-likeness (QED) is 0.475. The van der Waals surface area contributed by atoms with Crippen LogP contribution in [-0.4, -0.2) is 15.8 Å². The van der Waals surface area contributed by atoms with Gasteiger partial charge in [-0.25, -0.2) is 0 Å². The van der Waals surface area contributed by atoms with E-state index in [0.717, 1.165) is 11.6 Å². The highest BCUT2D eigenvalue weighted by molar-refractivity contribution is 6.01. The standard InChI is InChI=1S/C11H9NO4/c13-10-4-1-9(2-5-10)3-6-11(14)7-8-12(15)16/h1-8,13H/b6-3+,8-7+. The smallest absolute Gasteiger partial charge is 0.238 e. The first-order chi connectivity index (χ1) is 7.58. The largest absolute Gasteiger partial charge is 0.508 e. The zero-order valence-corrected chi connectivity index (χ0v) is 8.24. The van der Waals surface area contributed by atoms with E-state index in [-0.39, 0.29) is 5.75 Å². The summed E-state index contributed by atoms with van der Waals surface area (Å²) in [5, 5.41) is 18.9. The first kappa shape index (κ1) is 11.6. The number of allylic oxidation sites excluding steroid dienone is 2. The van der Waals surface area contributed by atoms with Crippen molar-refractivity contribution in [1.82, 2.24) is 0 Å². The number of rotatable bonds is 4. The predicted octanol–water partition coefficient (Wildman–Crippen LogP) is 1.76. The molecule has 0 aliphatic rings. The summed E-state index contributed by atoms with van der Waals surface area (Å²) in [6, 6.07) is 6.21. The number of aromatic hydroxyl groups is 1. The van der Waals surface area contributed by atoms with E-state index in [1.807, 2.05) is 0 Å². The average Bonchev–Trinajstić information content (AvgIpc) is 2.25. The average molecular weight is 219 g/mol. The van der Waals surface area contributed by atoms with Crippen LogP contribution in [0.5, 0.6) is 5.75 Å². The number of carbonyl (C=O) groups excluding carboxylic acids is 1. The predicted molar refractivity (Wildman–Crippen MR) is 58.3 cm³/mol. The van der Waals surface area contributed by atoms with Gasteiger partial charge in [0.25, 0.3) is 0 Å². The van der Waals surface area contributed by atoms with Crippen LogP contribution in [0.2, 0.25) is 0 Å². The van der Waals surface area contributed by atoms with E-state index >= 15 is 0 Å². The Morgan fingerprint density at radius 3 is 2.44 bits per heavy atom. The number of ketones is 1. The molecule has 0 bridgehead atoms. The lowest BCUT2D eigenvalue weighted by atomic mass is 10.2. The fourth-order valence-corrected chi connectivity index (χ4v) is 0.954. The maximum Gasteiger partial charge on any atom is 0.238 e. The van der Waals surface area contributed by atoms with Crippen molar-refractivity contribution in [2.24, 2.45) is 0 Å². The molecule has 0 amide bonds. The van der Waals surface area contributed by atoms with Gasteiger partial charge in [0.1, 0.15) is 5.75 Å². The van der Waals surface area contributed by atoms with Gasteiger partial charge >= 0.3 is 0 Å². The maximum atomic E-state index is 11.1. The molecule has 1 aromatic carbocycles. The molecule has 1 rings (SSSR count). The van der Waals surface area contributed by atoms with E-state index in [1.165, 1.54) is 24.3 Å². The molecule has 5 heteroatoms. The highest BCUT2D eigenvalue weighted by atomic mass is 16.6. The lowest BCUT2D eigenvalue weighted by Crippen LogP contribution is -1.89. The number of phenols is 1. The molecule has 0 saturated carbocycles. The Kier molecular flexibility index (Phi) is 3.97. The van der Waals surface area contributed by atoms with Crippen LogP contribution in [0.15, 0.2) is 42.6 Å². The molecule has 0 saturated heterocycles. The van der Waals surface area contributed by atoms with Gasteiger partial charge in [0, 0.05) is 0 Å². The number of phenolic OH excluding ortho intramolecular Hbond substituents is 1. The number of carbonyl (C=O) groups is 1. The minimum Gasteiger partial charge on any atom is -0.508 e. The third-order valence-electron chi connectivity index (χ3n) is 1.69. The SMILES string of the molecule is O=C(/C=C/c1ccc(O)cc1)/C=C/[N+](=O)[O-]. The summed E-state index contributed by atoms with van der Waals surface area (Å²) < 4.78 is 0. The van der Waals surface area contributed by atoms with Gasteiger partial charge in [-0.3, -0.25) is 14.9 Å². The summed E-state index contributed by atoms with van der Waals surface area (Å²) in [5.41, 5.74) is 0.723. The monoisotopic (exact) mass is 219 g/mol. The van der Waals surface area contributed by atoms with Crippen LogP contribution >= 0.6 is 0 Å². The molecule has 0 aliphatic carbocycles. The van der Waals surface area contributed by atoms with Gasteiger partial charge in [-0.2, -0.15) is 0 Å². The number of nitro groups is 1. The van der Waals surface area contributed by atoms with Crippen molar-refractivity contribution in [2.45, 2.75) is 0 Å². The Hall–Kier alpha value is -2.43. The second-order valence-electron chi connectivity index (χ2n) is 2.93. The number of hydrogen-bond acceptors (Lipinski definition) is 4. The summed E-state index contributed by atoms with van der Waals surface area (Å²) in [5.74, 6) is -0.332. The molecule has 0 atom stereocenters. The normalized spacial score (nSPS) is 11.0. The van der Waals surface area contributed by atoms with Crippen LogP contribution in [0.3, 0.4) is 0 Å². The lowest BCUT2D eigenvalue weighted by molar-refractivity contribution is -0.402. The summed E-state index contributed by atoms with van der Waals surface area (Å²) in [6.45, 7) is 0. The second kappa shape index (κ2) is 5.45. The highest BCUT2D eigenvalue weighted by Gasteiger charge is 1.93. The fraction of sp³-hybridized carbons (Fsp3) is 0. The van der Waals surface area contributed by atoms with Crippen molar-refractivity contribution in [2.75, 3.05) is 0 Å². The van der Waals surface area contributed by atoms with Crippen molar-refractivity contribution in [1.29, 1.82) is 0 Å². The molecule has 0 aromatic heterocycles. The minimum atomic E-state index is -0.702. The Morgan fingerprint density at radius 1 is 1.25 bits per heavy atom. The van der Waals surface area contributed by atoms with E-state index in [2.05, 4.69) is 0 Å². The van der Waals surface area contributed by atoms with Crippen molar-refractivity contribution >= 4 is 11.9 Å². The van der Waals surface area contributed by atoms with Crippen LogP contribution in [-0.2, 0) is 4.79 Å². The first-order valence-electron chi connectivity index (χ1n) is 4.41. The number of benzene rings is 1. The van der Waals surface area contributed by atoms with Gasteiger partial charge in [-0.1, -0.05) is 18.2 Å². The van der Waals surface area contributed by atoms with E-state index in [0.29, 0.717) is 6.20 Å². The van der Waals surface area contributed by atoms with Crippen LogP contribution in [0.1, 0.15) is 5.56 Å². The zero-order chi connectivity index (χ0) is 12.0. The van der Waals surface area contributed by atoms with Crippen molar-refractivity contribution in [3.8, 4) is 5.75 Å². The van der Waals surface area contributed by atoms with Gasteiger partial charge in [0.05, 0.1) is 11.0 Å². The third kappa shape index (κ3) is 4.19. The lowest BCUT2D eigenvalue weighted by Gasteiger charge is -1.92. The molecule has 1 N–H and O–H groups in total. The Morgan fingerprint density at radius 2 is 1.88 bits per heavy atom. The van der Waals surface area contributed by atoms with Crippen molar-refractivity contribution in [3.05, 3.63) is 58.3 Å². The Balaban J connectivity index is 2.63. The van der Waals surface area contributed by atoms with Gasteiger partial charge < -0.3 is 5.11 Å². The van der Waals surface area contributed by atoms with Crippen LogP contribution < -0.4 is 0 Å². The summed E-state index contributed by atoms with van der Waals surface area (Å²) in [6.07, 6.45) is 4.18. The Labute approximate surface area is 91.5 Å². The molecule has 0 radical (unpaired) electrons. The molecule has 82 valence electrons. The first-order valence-corrected chi connectivity index (χ1v) is 4.41. The van der Waals surface area contributed by atoms with Crippen LogP contribution in [0.4, 0.5) is 0 Å². The summed E-state index contributed by atoms with van der Waals surface area (Å²) >= 11 is 0. The van der Waals surface area contributed by atoms with E-state index in [1.54, 1.807) is 12.1 Å². The second-order valence-corrected chi connectivity index (χ2v) is 2.93. The van der Waals surface area contributed by atoms with Gasteiger partial charge in [-0.05, 0) is 23.8 Å². The van der Waals surface area contributed by atoms with Gasteiger partial charge in [0.15, 0.2) is 5.78 Å². The van der Waals surface area contributed by atoms with Crippen molar-refractivity contribution < 1.29 is 14.8 Å². The summed E-state index contributed by atoms with van der Waals surface area (Å²) in [7, 11) is 0. The van der Waals surface area contributed by atoms with E-state index < -0.39 is 10.7 Å². The third-order valence-corrected chi connectivity index (χ3v) is 1.69. The molecular formula is C11H9NO4. The molecule has 0 aliphatic heterocycles.